The quantitative estimate of drug-likeness (QED) is 0.740. The Morgan fingerprint density at radius 2 is 1.94 bits per heavy atom. The number of likely N-dealkylation sites (N-methyl/N-ethyl adjacent to an activating group) is 1. The summed E-state index contributed by atoms with van der Waals surface area (Å²) in [6, 6.07) is 7.71. The van der Waals surface area contributed by atoms with E-state index in [0.29, 0.717) is 31.7 Å². The fourth-order valence-corrected chi connectivity index (χ4v) is 5.18. The second kappa shape index (κ2) is 7.64. The number of hydrogen-bond acceptors (Lipinski definition) is 4. The fraction of sp³-hybridized carbons (Fsp3) is 0.458. The summed E-state index contributed by atoms with van der Waals surface area (Å²) in [7, 11) is 1.76. The van der Waals surface area contributed by atoms with Crippen molar-refractivity contribution in [1.29, 1.82) is 0 Å². The summed E-state index contributed by atoms with van der Waals surface area (Å²) in [5.74, 6) is -0.264. The van der Waals surface area contributed by atoms with Crippen molar-refractivity contribution in [3.05, 3.63) is 63.1 Å². The monoisotopic (exact) mass is 421 g/mol. The molecular weight excluding hydrogens is 394 g/mol. The molecule has 7 heteroatoms. The molecule has 0 saturated carbocycles. The number of carbonyl (C=O) groups excluding carboxylic acids is 2. The molecule has 1 aliphatic carbocycles. The maximum absolute atomic E-state index is 13.5. The van der Waals surface area contributed by atoms with Crippen molar-refractivity contribution in [1.82, 2.24) is 14.4 Å². The zero-order valence-corrected chi connectivity index (χ0v) is 18.0. The van der Waals surface area contributed by atoms with Crippen molar-refractivity contribution in [2.75, 3.05) is 26.7 Å². The standard InChI is InChI=1S/C24H27N3O4/c1-15-9-11-27(18-8-4-6-16-5-3-7-17(16)18)24(30)22(15)23(29)26-13-19-20(14-26)31-12-10-21(28)25(19)2/h4,6,8-9,11,19-20H,3,5,7,10,12-14H2,1-2H3/t19-,20-/m0/s1. The maximum atomic E-state index is 13.5. The molecule has 162 valence electrons. The van der Waals surface area contributed by atoms with Crippen molar-refractivity contribution in [3.63, 3.8) is 0 Å². The topological polar surface area (TPSA) is 71.9 Å². The van der Waals surface area contributed by atoms with E-state index in [9.17, 15) is 14.4 Å². The number of fused-ring (bicyclic) bond motifs is 2. The number of carbonyl (C=O) groups is 2. The highest BCUT2D eigenvalue weighted by Crippen LogP contribution is 2.28. The lowest BCUT2D eigenvalue weighted by atomic mass is 10.1. The molecule has 2 fully saturated rings. The summed E-state index contributed by atoms with van der Waals surface area (Å²) in [5, 5.41) is 0. The Balaban J connectivity index is 1.50. The summed E-state index contributed by atoms with van der Waals surface area (Å²) in [6.45, 7) is 2.92. The van der Waals surface area contributed by atoms with Crippen molar-refractivity contribution < 1.29 is 14.3 Å². The van der Waals surface area contributed by atoms with Gasteiger partial charge in [-0.25, -0.2) is 0 Å². The van der Waals surface area contributed by atoms with Crippen molar-refractivity contribution in [2.45, 2.75) is 44.8 Å². The van der Waals surface area contributed by atoms with Gasteiger partial charge in [0.15, 0.2) is 0 Å². The number of amides is 2. The van der Waals surface area contributed by atoms with Crippen LogP contribution in [0.15, 0.2) is 35.3 Å². The summed E-state index contributed by atoms with van der Waals surface area (Å²) in [6.07, 6.45) is 4.97. The number of ether oxygens (including phenoxy) is 1. The number of aromatic nitrogens is 1. The van der Waals surface area contributed by atoms with Crippen LogP contribution in [0.1, 0.15) is 39.9 Å². The maximum Gasteiger partial charge on any atom is 0.268 e. The zero-order valence-electron chi connectivity index (χ0n) is 18.0. The predicted molar refractivity (Wildman–Crippen MR) is 116 cm³/mol. The number of nitrogens with zero attached hydrogens (tertiary/aromatic N) is 3. The Kier molecular flexibility index (Phi) is 4.93. The molecule has 0 bridgehead atoms. The summed E-state index contributed by atoms with van der Waals surface area (Å²) in [4.78, 5) is 42.5. The predicted octanol–water partition coefficient (Wildman–Crippen LogP) is 1.71. The van der Waals surface area contributed by atoms with E-state index in [1.807, 2.05) is 18.2 Å². The van der Waals surface area contributed by atoms with E-state index in [-0.39, 0.29) is 35.1 Å². The molecule has 3 heterocycles. The van der Waals surface area contributed by atoms with E-state index in [1.165, 1.54) is 11.1 Å². The molecule has 2 atom stereocenters. The molecule has 2 aliphatic heterocycles. The van der Waals surface area contributed by atoms with Gasteiger partial charge in [-0.2, -0.15) is 0 Å². The zero-order chi connectivity index (χ0) is 21.7. The molecule has 0 radical (unpaired) electrons. The van der Waals surface area contributed by atoms with Crippen LogP contribution in [0.3, 0.4) is 0 Å². The minimum absolute atomic E-state index is 0.0259. The third kappa shape index (κ3) is 3.28. The van der Waals surface area contributed by atoms with Gasteiger partial charge in [-0.3, -0.25) is 19.0 Å². The van der Waals surface area contributed by atoms with Gasteiger partial charge in [-0.05, 0) is 55.0 Å². The van der Waals surface area contributed by atoms with E-state index in [0.717, 1.165) is 24.9 Å². The Morgan fingerprint density at radius 1 is 1.10 bits per heavy atom. The molecule has 31 heavy (non-hydrogen) atoms. The van der Waals surface area contributed by atoms with Gasteiger partial charge in [-0.15, -0.1) is 0 Å². The van der Waals surface area contributed by atoms with Crippen LogP contribution >= 0.6 is 0 Å². The smallest absolute Gasteiger partial charge is 0.268 e. The van der Waals surface area contributed by atoms with Gasteiger partial charge in [0.25, 0.3) is 11.5 Å². The minimum Gasteiger partial charge on any atom is -0.374 e. The number of benzene rings is 1. The summed E-state index contributed by atoms with van der Waals surface area (Å²) in [5.41, 5.74) is 3.92. The lowest BCUT2D eigenvalue weighted by Crippen LogP contribution is -2.43. The average molecular weight is 421 g/mol. The van der Waals surface area contributed by atoms with Crippen molar-refractivity contribution >= 4 is 11.8 Å². The number of aryl methyl sites for hydroxylation is 2. The number of pyridine rings is 1. The molecule has 2 amide bonds. The third-order valence-electron chi connectivity index (χ3n) is 6.96. The molecule has 0 N–H and O–H groups in total. The number of likely N-dealkylation sites (tertiary alicyclic amines) is 1. The van der Waals surface area contributed by atoms with E-state index >= 15 is 0 Å². The first kappa shape index (κ1) is 20.0. The minimum atomic E-state index is -0.290. The van der Waals surface area contributed by atoms with Gasteiger partial charge in [0.2, 0.25) is 5.91 Å². The van der Waals surface area contributed by atoms with Crippen LogP contribution in [0.2, 0.25) is 0 Å². The van der Waals surface area contributed by atoms with Gasteiger partial charge in [0.05, 0.1) is 30.9 Å². The van der Waals surface area contributed by atoms with Crippen LogP contribution in [-0.2, 0) is 22.4 Å². The summed E-state index contributed by atoms with van der Waals surface area (Å²) >= 11 is 0. The highest BCUT2D eigenvalue weighted by molar-refractivity contribution is 5.95. The second-order valence-corrected chi connectivity index (χ2v) is 8.76. The van der Waals surface area contributed by atoms with E-state index in [4.69, 9.17) is 4.74 Å². The van der Waals surface area contributed by atoms with Crippen LogP contribution in [0, 0.1) is 6.92 Å². The normalized spacial score (nSPS) is 23.0. The third-order valence-corrected chi connectivity index (χ3v) is 6.96. The van der Waals surface area contributed by atoms with Crippen LogP contribution in [-0.4, -0.2) is 65.1 Å². The molecule has 2 aromatic rings. The Morgan fingerprint density at radius 3 is 2.77 bits per heavy atom. The molecule has 3 aliphatic rings. The van der Waals surface area contributed by atoms with Crippen molar-refractivity contribution in [3.8, 4) is 5.69 Å². The number of rotatable bonds is 2. The highest BCUT2D eigenvalue weighted by Gasteiger charge is 2.42. The molecule has 1 aromatic heterocycles. The van der Waals surface area contributed by atoms with Gasteiger partial charge in [-0.1, -0.05) is 12.1 Å². The van der Waals surface area contributed by atoms with Crippen molar-refractivity contribution in [2.24, 2.45) is 0 Å². The lowest BCUT2D eigenvalue weighted by molar-refractivity contribution is -0.131. The van der Waals surface area contributed by atoms with Gasteiger partial charge in [0, 0.05) is 26.3 Å². The van der Waals surface area contributed by atoms with E-state index in [1.54, 1.807) is 34.5 Å². The molecule has 0 spiro atoms. The van der Waals surface area contributed by atoms with Crippen LogP contribution in [0.25, 0.3) is 5.69 Å². The highest BCUT2D eigenvalue weighted by atomic mass is 16.5. The van der Waals surface area contributed by atoms with Gasteiger partial charge in [0.1, 0.15) is 5.56 Å². The largest absolute Gasteiger partial charge is 0.374 e. The molecule has 1 aromatic carbocycles. The van der Waals surface area contributed by atoms with Gasteiger partial charge < -0.3 is 14.5 Å². The average Bonchev–Trinajstić information content (AvgIpc) is 3.38. The van der Waals surface area contributed by atoms with Gasteiger partial charge >= 0.3 is 0 Å². The number of hydrogen-bond donors (Lipinski definition) is 0. The van der Waals surface area contributed by atoms with E-state index in [2.05, 4.69) is 6.07 Å². The first-order valence-electron chi connectivity index (χ1n) is 11.0. The Hall–Kier alpha value is -2.93. The Bertz CT molecular complexity index is 1120. The molecular formula is C24H27N3O4. The SMILES string of the molecule is Cc1ccn(-c2cccc3c2CCC3)c(=O)c1C(=O)N1C[C@@H]2OCCC(=O)N(C)[C@H]2C1. The lowest BCUT2D eigenvalue weighted by Gasteiger charge is -2.25. The molecule has 7 nitrogen and oxygen atoms in total. The second-order valence-electron chi connectivity index (χ2n) is 8.76. The van der Waals surface area contributed by atoms with E-state index < -0.39 is 0 Å². The van der Waals surface area contributed by atoms with Crippen LogP contribution < -0.4 is 5.56 Å². The fourth-order valence-electron chi connectivity index (χ4n) is 5.18. The molecule has 2 saturated heterocycles. The van der Waals surface area contributed by atoms with Crippen LogP contribution in [0.4, 0.5) is 0 Å². The molecule has 0 unspecified atom stereocenters. The summed E-state index contributed by atoms with van der Waals surface area (Å²) < 4.78 is 7.46. The molecule has 5 rings (SSSR count). The first-order chi connectivity index (χ1) is 15.0. The Labute approximate surface area is 181 Å². The van der Waals surface area contributed by atoms with Crippen LogP contribution in [0.5, 0.6) is 0 Å². The first-order valence-corrected chi connectivity index (χ1v) is 11.0.